The van der Waals surface area contributed by atoms with Gasteiger partial charge in [0.2, 0.25) is 0 Å². The molecule has 1 aliphatic heterocycles. The highest BCUT2D eigenvalue weighted by atomic mass is 35.5. The lowest BCUT2D eigenvalue weighted by Gasteiger charge is -2.17. The number of thioether (sulfide) groups is 1. The second kappa shape index (κ2) is 10.1. The average molecular weight is 437 g/mol. The summed E-state index contributed by atoms with van der Waals surface area (Å²) in [6.07, 6.45) is 2.55. The second-order valence-electron chi connectivity index (χ2n) is 7.48. The third-order valence-corrected chi connectivity index (χ3v) is 6.63. The van der Waals surface area contributed by atoms with Gasteiger partial charge in [-0.05, 0) is 72.5 Å². The van der Waals surface area contributed by atoms with Gasteiger partial charge in [0.05, 0.1) is 0 Å². The quantitative estimate of drug-likeness (QED) is 0.450. The summed E-state index contributed by atoms with van der Waals surface area (Å²) in [5.41, 5.74) is 4.25. The third-order valence-electron chi connectivity index (χ3n) is 5.30. The van der Waals surface area contributed by atoms with Crippen LogP contribution in [-0.4, -0.2) is 19.0 Å². The average Bonchev–Trinajstić information content (AvgIpc) is 3.33. The van der Waals surface area contributed by atoms with E-state index in [1.807, 2.05) is 48.5 Å². The van der Waals surface area contributed by atoms with Crippen LogP contribution in [-0.2, 0) is 12.3 Å². The zero-order chi connectivity index (χ0) is 20.8. The first-order chi connectivity index (χ1) is 14.7. The number of amides is 1. The smallest absolute Gasteiger partial charge is 0.251 e. The van der Waals surface area contributed by atoms with Gasteiger partial charge in [-0.25, -0.2) is 0 Å². The fourth-order valence-electron chi connectivity index (χ4n) is 3.53. The molecule has 3 aromatic carbocycles. The van der Waals surface area contributed by atoms with E-state index in [-0.39, 0.29) is 5.91 Å². The van der Waals surface area contributed by atoms with Crippen LogP contribution in [0.2, 0.25) is 5.02 Å². The van der Waals surface area contributed by atoms with E-state index < -0.39 is 0 Å². The van der Waals surface area contributed by atoms with Crippen molar-refractivity contribution in [3.8, 4) is 0 Å². The van der Waals surface area contributed by atoms with Crippen LogP contribution < -0.4 is 10.2 Å². The van der Waals surface area contributed by atoms with Gasteiger partial charge < -0.3 is 10.2 Å². The lowest BCUT2D eigenvalue weighted by Crippen LogP contribution is -2.23. The van der Waals surface area contributed by atoms with Gasteiger partial charge in [-0.2, -0.15) is 0 Å². The SMILES string of the molecule is O=C(NCc1ccc(N2CCCC2)cc1)c1ccc(CSc2ccc(Cl)cc2)cc1. The molecule has 0 radical (unpaired) electrons. The molecule has 154 valence electrons. The van der Waals surface area contributed by atoms with Crippen molar-refractivity contribution in [2.24, 2.45) is 0 Å². The Bertz CT molecular complexity index is 966. The van der Waals surface area contributed by atoms with Crippen molar-refractivity contribution in [2.75, 3.05) is 18.0 Å². The fraction of sp³-hybridized carbons (Fsp3) is 0.240. The summed E-state index contributed by atoms with van der Waals surface area (Å²) < 4.78 is 0. The van der Waals surface area contributed by atoms with Gasteiger partial charge in [-0.15, -0.1) is 11.8 Å². The van der Waals surface area contributed by atoms with E-state index in [4.69, 9.17) is 11.6 Å². The highest BCUT2D eigenvalue weighted by Crippen LogP contribution is 2.24. The van der Waals surface area contributed by atoms with Crippen LogP contribution in [0.3, 0.4) is 0 Å². The van der Waals surface area contributed by atoms with Crippen molar-refractivity contribution in [1.82, 2.24) is 5.32 Å². The minimum absolute atomic E-state index is 0.0458. The minimum Gasteiger partial charge on any atom is -0.372 e. The largest absolute Gasteiger partial charge is 0.372 e. The van der Waals surface area contributed by atoms with E-state index in [1.54, 1.807) is 11.8 Å². The number of hydrogen-bond acceptors (Lipinski definition) is 3. The number of halogens is 1. The Hall–Kier alpha value is -2.43. The molecule has 1 amide bonds. The van der Waals surface area contributed by atoms with Crippen molar-refractivity contribution in [2.45, 2.75) is 30.0 Å². The molecule has 0 unspecified atom stereocenters. The van der Waals surface area contributed by atoms with Crippen LogP contribution in [0.1, 0.15) is 34.3 Å². The van der Waals surface area contributed by atoms with Gasteiger partial charge in [0.1, 0.15) is 0 Å². The Labute approximate surface area is 187 Å². The Morgan fingerprint density at radius 1 is 0.867 bits per heavy atom. The summed E-state index contributed by atoms with van der Waals surface area (Å²) >= 11 is 7.68. The van der Waals surface area contributed by atoms with Gasteiger partial charge in [0.25, 0.3) is 5.91 Å². The number of anilines is 1. The zero-order valence-corrected chi connectivity index (χ0v) is 18.4. The van der Waals surface area contributed by atoms with E-state index >= 15 is 0 Å². The molecule has 5 heteroatoms. The zero-order valence-electron chi connectivity index (χ0n) is 16.8. The molecule has 0 atom stereocenters. The van der Waals surface area contributed by atoms with Crippen LogP contribution in [0.5, 0.6) is 0 Å². The Kier molecular flexibility index (Phi) is 6.98. The van der Waals surface area contributed by atoms with Gasteiger partial charge in [-0.1, -0.05) is 35.9 Å². The monoisotopic (exact) mass is 436 g/mol. The molecular weight excluding hydrogens is 412 g/mol. The van der Waals surface area contributed by atoms with Gasteiger partial charge in [0.15, 0.2) is 0 Å². The maximum absolute atomic E-state index is 12.5. The van der Waals surface area contributed by atoms with E-state index in [1.165, 1.54) is 29.0 Å². The maximum Gasteiger partial charge on any atom is 0.251 e. The second-order valence-corrected chi connectivity index (χ2v) is 8.97. The standard InChI is InChI=1S/C25H25ClN2OS/c26-22-9-13-24(14-10-22)30-18-20-3-7-21(8-4-20)25(29)27-17-19-5-11-23(12-6-19)28-15-1-2-16-28/h3-14H,1-2,15-18H2,(H,27,29). The first-order valence-electron chi connectivity index (χ1n) is 10.3. The molecule has 0 spiro atoms. The number of nitrogens with one attached hydrogen (secondary N) is 1. The highest BCUT2D eigenvalue weighted by Gasteiger charge is 2.12. The van der Waals surface area contributed by atoms with Crippen molar-refractivity contribution in [1.29, 1.82) is 0 Å². The molecule has 3 nitrogen and oxygen atoms in total. The normalized spacial score (nSPS) is 13.4. The van der Waals surface area contributed by atoms with Crippen molar-refractivity contribution >= 4 is 35.0 Å². The summed E-state index contributed by atoms with van der Waals surface area (Å²) in [6.45, 7) is 2.82. The number of carbonyl (C=O) groups excluding carboxylic acids is 1. The molecule has 1 N–H and O–H groups in total. The van der Waals surface area contributed by atoms with Gasteiger partial charge in [-0.3, -0.25) is 4.79 Å². The molecule has 1 aliphatic rings. The molecule has 1 saturated heterocycles. The van der Waals surface area contributed by atoms with Gasteiger partial charge >= 0.3 is 0 Å². The number of rotatable bonds is 7. The molecule has 0 bridgehead atoms. The predicted octanol–water partition coefficient (Wildman–Crippen LogP) is 6.16. The Morgan fingerprint density at radius 3 is 2.17 bits per heavy atom. The summed E-state index contributed by atoms with van der Waals surface area (Å²) in [4.78, 5) is 16.1. The molecule has 0 saturated carbocycles. The summed E-state index contributed by atoms with van der Waals surface area (Å²) in [7, 11) is 0. The minimum atomic E-state index is -0.0458. The molecule has 4 rings (SSSR count). The van der Waals surface area contributed by atoms with Crippen LogP contribution in [0.4, 0.5) is 5.69 Å². The van der Waals surface area contributed by atoms with Crippen molar-refractivity contribution in [3.63, 3.8) is 0 Å². The molecular formula is C25H25ClN2OS. The number of nitrogens with zero attached hydrogens (tertiary/aromatic N) is 1. The first kappa shape index (κ1) is 20.8. The van der Waals surface area contributed by atoms with Crippen molar-refractivity contribution in [3.05, 3.63) is 94.5 Å². The predicted molar refractivity (Wildman–Crippen MR) is 127 cm³/mol. The van der Waals surface area contributed by atoms with E-state index in [0.29, 0.717) is 12.1 Å². The molecule has 0 aromatic heterocycles. The highest BCUT2D eigenvalue weighted by molar-refractivity contribution is 7.98. The third kappa shape index (κ3) is 5.59. The van der Waals surface area contributed by atoms with Crippen LogP contribution in [0.25, 0.3) is 0 Å². The molecule has 3 aromatic rings. The summed E-state index contributed by atoms with van der Waals surface area (Å²) in [6, 6.07) is 24.2. The Balaban J connectivity index is 1.26. The molecule has 0 aliphatic carbocycles. The van der Waals surface area contributed by atoms with Crippen LogP contribution in [0.15, 0.2) is 77.7 Å². The van der Waals surface area contributed by atoms with Crippen LogP contribution in [0, 0.1) is 0 Å². The number of hydrogen-bond donors (Lipinski definition) is 1. The van der Waals surface area contributed by atoms with E-state index in [0.717, 1.165) is 29.4 Å². The van der Waals surface area contributed by atoms with Crippen molar-refractivity contribution < 1.29 is 4.79 Å². The first-order valence-corrected chi connectivity index (χ1v) is 11.6. The maximum atomic E-state index is 12.5. The fourth-order valence-corrected chi connectivity index (χ4v) is 4.51. The van der Waals surface area contributed by atoms with Gasteiger partial charge in [0, 0.05) is 46.6 Å². The lowest BCUT2D eigenvalue weighted by molar-refractivity contribution is 0.0951. The molecule has 1 fully saturated rings. The van der Waals surface area contributed by atoms with E-state index in [9.17, 15) is 4.79 Å². The van der Waals surface area contributed by atoms with E-state index in [2.05, 4.69) is 34.5 Å². The Morgan fingerprint density at radius 2 is 1.50 bits per heavy atom. The van der Waals surface area contributed by atoms with Crippen LogP contribution >= 0.6 is 23.4 Å². The summed E-state index contributed by atoms with van der Waals surface area (Å²) in [5, 5.41) is 3.76. The number of carbonyl (C=O) groups is 1. The topological polar surface area (TPSA) is 32.3 Å². The molecule has 30 heavy (non-hydrogen) atoms. The molecule has 1 heterocycles. The lowest BCUT2D eigenvalue weighted by atomic mass is 10.1. The number of benzene rings is 3. The summed E-state index contributed by atoms with van der Waals surface area (Å²) in [5.74, 6) is 0.808.